The summed E-state index contributed by atoms with van der Waals surface area (Å²) in [6.45, 7) is 6.67. The first-order chi connectivity index (χ1) is 9.41. The Morgan fingerprint density at radius 1 is 1.00 bits per heavy atom. The van der Waals surface area contributed by atoms with Gasteiger partial charge in [0.25, 0.3) is 0 Å². The lowest BCUT2D eigenvalue weighted by Gasteiger charge is -2.21. The molecule has 0 saturated heterocycles. The van der Waals surface area contributed by atoms with Gasteiger partial charge in [0.05, 0.1) is 6.04 Å². The zero-order valence-electron chi connectivity index (χ0n) is 12.2. The third-order valence-electron chi connectivity index (χ3n) is 3.46. The molecule has 2 aromatic rings. The number of hydrogen-bond donors (Lipinski definition) is 2. The number of hydrazine groups is 1. The molecule has 0 aliphatic rings. The van der Waals surface area contributed by atoms with E-state index in [4.69, 9.17) is 5.84 Å². The Bertz CT molecular complexity index is 570. The third kappa shape index (κ3) is 3.59. The smallest absolute Gasteiger partial charge is 0.0710 e. The van der Waals surface area contributed by atoms with E-state index in [1.807, 2.05) is 0 Å². The van der Waals surface area contributed by atoms with E-state index in [0.29, 0.717) is 0 Å². The van der Waals surface area contributed by atoms with Gasteiger partial charge in [0.2, 0.25) is 0 Å². The van der Waals surface area contributed by atoms with Crippen LogP contribution in [0.15, 0.2) is 48.5 Å². The molecule has 2 aromatic carbocycles. The van der Waals surface area contributed by atoms with E-state index in [-0.39, 0.29) is 11.5 Å². The van der Waals surface area contributed by atoms with Crippen LogP contribution >= 0.6 is 22.6 Å². The molecule has 0 amide bonds. The Labute approximate surface area is 134 Å². The molecular weight excluding hydrogens is 359 g/mol. The van der Waals surface area contributed by atoms with Crippen molar-refractivity contribution in [3.8, 4) is 0 Å². The average Bonchev–Trinajstić information content (AvgIpc) is 2.39. The summed E-state index contributed by atoms with van der Waals surface area (Å²) in [5.41, 5.74) is 6.79. The van der Waals surface area contributed by atoms with Crippen molar-refractivity contribution < 1.29 is 0 Å². The van der Waals surface area contributed by atoms with Crippen LogP contribution in [0.5, 0.6) is 0 Å². The highest BCUT2D eigenvalue weighted by Gasteiger charge is 2.16. The van der Waals surface area contributed by atoms with E-state index in [1.54, 1.807) is 0 Å². The number of hydrogen-bond acceptors (Lipinski definition) is 2. The van der Waals surface area contributed by atoms with Crippen LogP contribution in [0, 0.1) is 3.57 Å². The molecule has 0 saturated carbocycles. The van der Waals surface area contributed by atoms with E-state index < -0.39 is 0 Å². The fraction of sp³-hybridized carbons (Fsp3) is 0.294. The lowest BCUT2D eigenvalue weighted by molar-refractivity contribution is 0.588. The van der Waals surface area contributed by atoms with Gasteiger partial charge < -0.3 is 0 Å². The molecule has 0 radical (unpaired) electrons. The maximum Gasteiger partial charge on any atom is 0.0710 e. The van der Waals surface area contributed by atoms with Crippen molar-refractivity contribution in [3.05, 3.63) is 68.8 Å². The second kappa shape index (κ2) is 6.24. The van der Waals surface area contributed by atoms with Gasteiger partial charge in [0.15, 0.2) is 0 Å². The summed E-state index contributed by atoms with van der Waals surface area (Å²) >= 11 is 2.32. The van der Waals surface area contributed by atoms with E-state index in [0.717, 1.165) is 0 Å². The lowest BCUT2D eigenvalue weighted by Crippen LogP contribution is -2.29. The van der Waals surface area contributed by atoms with Gasteiger partial charge in [-0.25, -0.2) is 5.43 Å². The van der Waals surface area contributed by atoms with Crippen molar-refractivity contribution in [1.82, 2.24) is 5.43 Å². The Kier molecular flexibility index (Phi) is 4.83. The van der Waals surface area contributed by atoms with Gasteiger partial charge in [0.1, 0.15) is 0 Å². The quantitative estimate of drug-likeness (QED) is 0.477. The lowest BCUT2D eigenvalue weighted by atomic mass is 9.86. The molecule has 0 bridgehead atoms. The predicted molar refractivity (Wildman–Crippen MR) is 93.5 cm³/mol. The second-order valence-corrected chi connectivity index (χ2v) is 7.27. The number of nitrogens with one attached hydrogen (secondary N) is 1. The summed E-state index contributed by atoms with van der Waals surface area (Å²) < 4.78 is 1.21. The summed E-state index contributed by atoms with van der Waals surface area (Å²) in [6.07, 6.45) is 0. The second-order valence-electron chi connectivity index (χ2n) is 6.03. The van der Waals surface area contributed by atoms with Crippen LogP contribution in [-0.2, 0) is 5.41 Å². The molecule has 0 aliphatic carbocycles. The van der Waals surface area contributed by atoms with Gasteiger partial charge in [-0.3, -0.25) is 5.84 Å². The SMILES string of the molecule is CC(C)(C)c1ccc(C(NN)c2cccc(I)c2)cc1. The molecule has 0 aromatic heterocycles. The normalized spacial score (nSPS) is 13.2. The minimum Gasteiger partial charge on any atom is -0.271 e. The van der Waals surface area contributed by atoms with Crippen molar-refractivity contribution >= 4 is 22.6 Å². The first kappa shape index (κ1) is 15.5. The summed E-state index contributed by atoms with van der Waals surface area (Å²) in [6, 6.07) is 17.1. The Morgan fingerprint density at radius 3 is 2.15 bits per heavy atom. The third-order valence-corrected chi connectivity index (χ3v) is 4.13. The molecule has 1 atom stereocenters. The van der Waals surface area contributed by atoms with Crippen LogP contribution in [0.4, 0.5) is 0 Å². The van der Waals surface area contributed by atoms with Gasteiger partial charge in [-0.05, 0) is 56.8 Å². The van der Waals surface area contributed by atoms with E-state index in [9.17, 15) is 0 Å². The van der Waals surface area contributed by atoms with Gasteiger partial charge >= 0.3 is 0 Å². The highest BCUT2D eigenvalue weighted by Crippen LogP contribution is 2.27. The Morgan fingerprint density at radius 2 is 1.65 bits per heavy atom. The van der Waals surface area contributed by atoms with Crippen LogP contribution < -0.4 is 11.3 Å². The van der Waals surface area contributed by atoms with Gasteiger partial charge in [-0.2, -0.15) is 0 Å². The minimum absolute atomic E-state index is 0.0266. The zero-order chi connectivity index (χ0) is 14.8. The molecule has 0 heterocycles. The first-order valence-corrected chi connectivity index (χ1v) is 7.82. The first-order valence-electron chi connectivity index (χ1n) is 6.74. The van der Waals surface area contributed by atoms with E-state index >= 15 is 0 Å². The van der Waals surface area contributed by atoms with E-state index in [1.165, 1.54) is 20.3 Å². The highest BCUT2D eigenvalue weighted by molar-refractivity contribution is 14.1. The summed E-state index contributed by atoms with van der Waals surface area (Å²) in [4.78, 5) is 0. The molecule has 0 aliphatic heterocycles. The van der Waals surface area contributed by atoms with Crippen molar-refractivity contribution in [2.75, 3.05) is 0 Å². The van der Waals surface area contributed by atoms with Gasteiger partial charge in [-0.1, -0.05) is 57.2 Å². The van der Waals surface area contributed by atoms with Crippen LogP contribution in [0.3, 0.4) is 0 Å². The molecule has 20 heavy (non-hydrogen) atoms. The zero-order valence-corrected chi connectivity index (χ0v) is 14.3. The van der Waals surface area contributed by atoms with Crippen LogP contribution in [-0.4, -0.2) is 0 Å². The van der Waals surface area contributed by atoms with Crippen molar-refractivity contribution in [2.24, 2.45) is 5.84 Å². The molecule has 0 fully saturated rings. The summed E-state index contributed by atoms with van der Waals surface area (Å²) in [5, 5.41) is 0. The monoisotopic (exact) mass is 380 g/mol. The average molecular weight is 380 g/mol. The largest absolute Gasteiger partial charge is 0.271 e. The standard InChI is InChI=1S/C17H21IN2/c1-17(2,3)14-9-7-12(8-10-14)16(20-19)13-5-4-6-15(18)11-13/h4-11,16,20H,19H2,1-3H3. The maximum absolute atomic E-state index is 5.76. The Balaban J connectivity index is 2.33. The minimum atomic E-state index is 0.0266. The molecule has 2 rings (SSSR count). The summed E-state index contributed by atoms with van der Waals surface area (Å²) in [5.74, 6) is 5.76. The highest BCUT2D eigenvalue weighted by atomic mass is 127. The molecule has 3 N–H and O–H groups in total. The fourth-order valence-electron chi connectivity index (χ4n) is 2.25. The molecule has 3 heteroatoms. The van der Waals surface area contributed by atoms with Crippen LogP contribution in [0.1, 0.15) is 43.5 Å². The molecule has 106 valence electrons. The summed E-state index contributed by atoms with van der Waals surface area (Å²) in [7, 11) is 0. The fourth-order valence-corrected chi connectivity index (χ4v) is 2.81. The number of nitrogens with two attached hydrogens (primary N) is 1. The molecular formula is C17H21IN2. The number of halogens is 1. The van der Waals surface area contributed by atoms with Gasteiger partial charge in [0, 0.05) is 3.57 Å². The number of benzene rings is 2. The van der Waals surface area contributed by atoms with Crippen LogP contribution in [0.25, 0.3) is 0 Å². The van der Waals surface area contributed by atoms with Crippen molar-refractivity contribution in [2.45, 2.75) is 32.2 Å². The molecule has 2 nitrogen and oxygen atoms in total. The molecule has 0 spiro atoms. The topological polar surface area (TPSA) is 38.0 Å². The van der Waals surface area contributed by atoms with Crippen molar-refractivity contribution in [1.29, 1.82) is 0 Å². The maximum atomic E-state index is 5.76. The van der Waals surface area contributed by atoms with Crippen molar-refractivity contribution in [3.63, 3.8) is 0 Å². The Hall–Kier alpha value is -0.910. The van der Waals surface area contributed by atoms with Gasteiger partial charge in [-0.15, -0.1) is 0 Å². The number of rotatable bonds is 3. The molecule has 1 unspecified atom stereocenters. The predicted octanol–water partition coefficient (Wildman–Crippen LogP) is 4.14. The van der Waals surface area contributed by atoms with E-state index in [2.05, 4.69) is 97.3 Å². The van der Waals surface area contributed by atoms with Crippen LogP contribution in [0.2, 0.25) is 0 Å².